The zero-order valence-corrected chi connectivity index (χ0v) is 9.54. The lowest BCUT2D eigenvalue weighted by Gasteiger charge is -2.42. The fourth-order valence-electron chi connectivity index (χ4n) is 2.56. The lowest BCUT2D eigenvalue weighted by molar-refractivity contribution is -0.895. The molecule has 0 aromatic heterocycles. The van der Waals surface area contributed by atoms with Crippen LogP contribution in [0.1, 0.15) is 12.8 Å². The van der Waals surface area contributed by atoms with Gasteiger partial charge in [-0.1, -0.05) is 0 Å². The molecule has 3 heteroatoms. The number of ether oxygens (including phenoxy) is 1. The molecular weight excluding hydrogens is 176 g/mol. The number of hydrogen-bond acceptors (Lipinski definition) is 2. The van der Waals surface area contributed by atoms with E-state index in [0.29, 0.717) is 0 Å². The lowest BCUT2D eigenvalue weighted by atomic mass is 10.0. The maximum atomic E-state index is 5.39. The van der Waals surface area contributed by atoms with Crippen molar-refractivity contribution in [2.75, 3.05) is 53.5 Å². The molecule has 82 valence electrons. The van der Waals surface area contributed by atoms with Gasteiger partial charge in [-0.05, 0) is 0 Å². The molecule has 0 amide bonds. The van der Waals surface area contributed by atoms with Gasteiger partial charge in [0.1, 0.15) is 0 Å². The van der Waals surface area contributed by atoms with Crippen LogP contribution in [0.3, 0.4) is 0 Å². The first-order valence-corrected chi connectivity index (χ1v) is 5.81. The molecule has 0 aliphatic carbocycles. The number of quaternary nitrogens is 1. The van der Waals surface area contributed by atoms with Gasteiger partial charge < -0.3 is 9.22 Å². The summed E-state index contributed by atoms with van der Waals surface area (Å²) in [6.07, 6.45) is 2.74. The van der Waals surface area contributed by atoms with Crippen LogP contribution in [0.5, 0.6) is 0 Å². The molecule has 0 radical (unpaired) electrons. The van der Waals surface area contributed by atoms with Crippen LogP contribution in [0.2, 0.25) is 0 Å². The summed E-state index contributed by atoms with van der Waals surface area (Å²) in [7, 11) is 4.69. The molecule has 0 saturated carbocycles. The Morgan fingerprint density at radius 2 is 1.64 bits per heavy atom. The van der Waals surface area contributed by atoms with Gasteiger partial charge >= 0.3 is 0 Å². The van der Waals surface area contributed by atoms with Crippen LogP contribution in [0.15, 0.2) is 0 Å². The summed E-state index contributed by atoms with van der Waals surface area (Å²) >= 11 is 0. The van der Waals surface area contributed by atoms with Gasteiger partial charge in [0.05, 0.1) is 40.4 Å². The third-order valence-corrected chi connectivity index (χ3v) is 3.70. The van der Waals surface area contributed by atoms with E-state index >= 15 is 0 Å². The van der Waals surface area contributed by atoms with Crippen molar-refractivity contribution >= 4 is 0 Å². The summed E-state index contributed by atoms with van der Waals surface area (Å²) in [5, 5.41) is 0. The van der Waals surface area contributed by atoms with Gasteiger partial charge in [-0.15, -0.1) is 0 Å². The topological polar surface area (TPSA) is 12.5 Å². The largest absolute Gasteiger partial charge is 0.379 e. The minimum Gasteiger partial charge on any atom is -0.379 e. The Labute approximate surface area is 87.2 Å². The van der Waals surface area contributed by atoms with E-state index in [0.717, 1.165) is 32.3 Å². The van der Waals surface area contributed by atoms with Gasteiger partial charge in [0.25, 0.3) is 0 Å². The molecule has 0 spiro atoms. The van der Waals surface area contributed by atoms with Gasteiger partial charge in [0.15, 0.2) is 0 Å². The molecule has 2 fully saturated rings. The van der Waals surface area contributed by atoms with Crippen molar-refractivity contribution in [2.45, 2.75) is 18.9 Å². The third kappa shape index (κ3) is 2.47. The number of morpholine rings is 1. The maximum Gasteiger partial charge on any atom is 0.0797 e. The summed E-state index contributed by atoms with van der Waals surface area (Å²) in [6.45, 7) is 6.85. The highest BCUT2D eigenvalue weighted by atomic mass is 16.5. The summed E-state index contributed by atoms with van der Waals surface area (Å²) in [6, 6.07) is 0.838. The van der Waals surface area contributed by atoms with E-state index in [1.807, 2.05) is 0 Å². The van der Waals surface area contributed by atoms with Crippen LogP contribution in [0.25, 0.3) is 0 Å². The van der Waals surface area contributed by atoms with E-state index in [4.69, 9.17) is 4.74 Å². The Kier molecular flexibility index (Phi) is 3.10. The quantitative estimate of drug-likeness (QED) is 0.572. The summed E-state index contributed by atoms with van der Waals surface area (Å²) in [5.74, 6) is 0. The van der Waals surface area contributed by atoms with Gasteiger partial charge in [-0.2, -0.15) is 0 Å². The van der Waals surface area contributed by atoms with E-state index in [-0.39, 0.29) is 0 Å². The lowest BCUT2D eigenvalue weighted by Crippen LogP contribution is -2.53. The molecule has 0 aromatic rings. The second-order valence-electron chi connectivity index (χ2n) is 5.26. The predicted molar refractivity (Wildman–Crippen MR) is 57.3 cm³/mol. The average molecular weight is 199 g/mol. The van der Waals surface area contributed by atoms with E-state index in [1.54, 1.807) is 0 Å². The molecule has 3 nitrogen and oxygen atoms in total. The fraction of sp³-hybridized carbons (Fsp3) is 1.00. The molecule has 2 aliphatic heterocycles. The number of rotatable bonds is 1. The van der Waals surface area contributed by atoms with Crippen LogP contribution in [0, 0.1) is 0 Å². The van der Waals surface area contributed by atoms with Crippen LogP contribution in [-0.2, 0) is 4.74 Å². The third-order valence-electron chi connectivity index (χ3n) is 3.70. The molecule has 0 N–H and O–H groups in total. The Balaban J connectivity index is 1.82. The Bertz CT molecular complexity index is 178. The predicted octanol–water partition coefficient (Wildman–Crippen LogP) is 0.557. The van der Waals surface area contributed by atoms with Gasteiger partial charge in [-0.3, -0.25) is 4.90 Å². The smallest absolute Gasteiger partial charge is 0.0797 e. The highest BCUT2D eigenvalue weighted by Gasteiger charge is 2.30. The zero-order chi connectivity index (χ0) is 10.0. The highest BCUT2D eigenvalue weighted by Crippen LogP contribution is 2.20. The number of hydrogen-bond donors (Lipinski definition) is 0. The Morgan fingerprint density at radius 3 is 2.21 bits per heavy atom. The van der Waals surface area contributed by atoms with Crippen molar-refractivity contribution in [3.63, 3.8) is 0 Å². The minimum absolute atomic E-state index is 0.838. The first-order valence-electron chi connectivity index (χ1n) is 5.81. The second kappa shape index (κ2) is 4.17. The SMILES string of the molecule is C[N+]1(C)CCC(N2CCOCC2)CC1. The van der Waals surface area contributed by atoms with E-state index in [1.165, 1.54) is 30.4 Å². The molecule has 2 heterocycles. The molecule has 14 heavy (non-hydrogen) atoms. The molecule has 2 rings (SSSR count). The van der Waals surface area contributed by atoms with Crippen molar-refractivity contribution in [2.24, 2.45) is 0 Å². The first-order chi connectivity index (χ1) is 6.67. The van der Waals surface area contributed by atoms with Crippen molar-refractivity contribution in [1.29, 1.82) is 0 Å². The van der Waals surface area contributed by atoms with Crippen molar-refractivity contribution in [1.82, 2.24) is 4.90 Å². The summed E-state index contributed by atoms with van der Waals surface area (Å²) in [5.41, 5.74) is 0. The van der Waals surface area contributed by atoms with E-state index in [2.05, 4.69) is 19.0 Å². The van der Waals surface area contributed by atoms with Crippen molar-refractivity contribution in [3.8, 4) is 0 Å². The van der Waals surface area contributed by atoms with Crippen LogP contribution in [0.4, 0.5) is 0 Å². The van der Waals surface area contributed by atoms with Crippen molar-refractivity contribution < 1.29 is 9.22 Å². The highest BCUT2D eigenvalue weighted by molar-refractivity contribution is 4.76. The molecule has 0 atom stereocenters. The Hall–Kier alpha value is -0.120. The molecule has 2 saturated heterocycles. The summed E-state index contributed by atoms with van der Waals surface area (Å²) in [4.78, 5) is 2.63. The van der Waals surface area contributed by atoms with E-state index < -0.39 is 0 Å². The maximum absolute atomic E-state index is 5.39. The second-order valence-corrected chi connectivity index (χ2v) is 5.26. The fourth-order valence-corrected chi connectivity index (χ4v) is 2.56. The number of likely N-dealkylation sites (tertiary alicyclic amines) is 1. The molecule has 0 bridgehead atoms. The normalized spacial score (nSPS) is 30.4. The van der Waals surface area contributed by atoms with Crippen LogP contribution < -0.4 is 0 Å². The van der Waals surface area contributed by atoms with E-state index in [9.17, 15) is 0 Å². The Morgan fingerprint density at radius 1 is 1.07 bits per heavy atom. The molecular formula is C11H23N2O+. The monoisotopic (exact) mass is 199 g/mol. The standard InChI is InChI=1S/C11H23N2O/c1-13(2)7-3-11(4-8-13)12-5-9-14-10-6-12/h11H,3-10H2,1-2H3/q+1. The molecule has 0 unspecified atom stereocenters. The zero-order valence-electron chi connectivity index (χ0n) is 9.54. The molecule has 0 aromatic carbocycles. The van der Waals surface area contributed by atoms with Gasteiger partial charge in [0, 0.05) is 32.0 Å². The summed E-state index contributed by atoms with van der Waals surface area (Å²) < 4.78 is 6.60. The van der Waals surface area contributed by atoms with Crippen molar-refractivity contribution in [3.05, 3.63) is 0 Å². The van der Waals surface area contributed by atoms with Gasteiger partial charge in [-0.25, -0.2) is 0 Å². The van der Waals surface area contributed by atoms with Gasteiger partial charge in [0.2, 0.25) is 0 Å². The number of nitrogens with zero attached hydrogens (tertiary/aromatic N) is 2. The van der Waals surface area contributed by atoms with Crippen LogP contribution in [-0.4, -0.2) is 68.9 Å². The van der Waals surface area contributed by atoms with Crippen LogP contribution >= 0.6 is 0 Å². The number of piperidine rings is 1. The first kappa shape index (κ1) is 10.4. The molecule has 2 aliphatic rings. The average Bonchev–Trinajstić information content (AvgIpc) is 2.19. The minimum atomic E-state index is 0.838.